The van der Waals surface area contributed by atoms with Crippen LogP contribution in [0.25, 0.3) is 0 Å². The number of hydrogen-bond donors (Lipinski definition) is 3. The maximum Gasteiger partial charge on any atom is 0.337 e. The average molecular weight is 566 g/mol. The van der Waals surface area contributed by atoms with E-state index < -0.39 is 27.6 Å². The highest BCUT2D eigenvalue weighted by molar-refractivity contribution is 7.89. The van der Waals surface area contributed by atoms with Gasteiger partial charge in [0.25, 0.3) is 10.0 Å². The molecule has 3 rings (SSSR count). The van der Waals surface area contributed by atoms with Crippen molar-refractivity contribution in [3.8, 4) is 5.75 Å². The molecule has 0 fully saturated rings. The minimum Gasteiger partial charge on any atom is -0.495 e. The predicted molar refractivity (Wildman–Crippen MR) is 148 cm³/mol. The van der Waals surface area contributed by atoms with Gasteiger partial charge in [0.1, 0.15) is 10.8 Å². The monoisotopic (exact) mass is 564 g/mol. The number of benzene rings is 3. The molecule has 0 heterocycles. The molecule has 4 N–H and O–H groups in total. The van der Waals surface area contributed by atoms with Crippen LogP contribution < -0.4 is 25.6 Å². The molecular formula is C26H30Cl2N4O4S. The van der Waals surface area contributed by atoms with Gasteiger partial charge in [-0.25, -0.2) is 18.2 Å². The van der Waals surface area contributed by atoms with Gasteiger partial charge in [0.05, 0.1) is 28.8 Å². The largest absolute Gasteiger partial charge is 0.495 e. The third-order valence-electron chi connectivity index (χ3n) is 5.43. The summed E-state index contributed by atoms with van der Waals surface area (Å²) in [6.07, 6.45) is 0.600. The molecule has 0 aliphatic carbocycles. The maximum absolute atomic E-state index is 13.4. The normalized spacial score (nSPS) is 12.6. The van der Waals surface area contributed by atoms with Crippen LogP contribution in [0.1, 0.15) is 37.9 Å². The van der Waals surface area contributed by atoms with Gasteiger partial charge in [0.15, 0.2) is 0 Å². The second-order valence-corrected chi connectivity index (χ2v) is 11.6. The van der Waals surface area contributed by atoms with Crippen molar-refractivity contribution in [1.82, 2.24) is 10.1 Å². The van der Waals surface area contributed by atoms with Gasteiger partial charge in [-0.05, 0) is 68.7 Å². The van der Waals surface area contributed by atoms with Crippen LogP contribution in [-0.4, -0.2) is 27.1 Å². The summed E-state index contributed by atoms with van der Waals surface area (Å²) in [5.74, 6) is 0.395. The van der Waals surface area contributed by atoms with E-state index in [-0.39, 0.29) is 14.9 Å². The first-order valence-corrected chi connectivity index (χ1v) is 13.6. The van der Waals surface area contributed by atoms with E-state index in [1.807, 2.05) is 13.8 Å². The summed E-state index contributed by atoms with van der Waals surface area (Å²) >= 11 is 12.7. The van der Waals surface area contributed by atoms with Crippen molar-refractivity contribution in [2.24, 2.45) is 5.73 Å². The number of rotatable bonds is 9. The molecule has 0 aromatic heterocycles. The van der Waals surface area contributed by atoms with Gasteiger partial charge >= 0.3 is 6.03 Å². The Morgan fingerprint density at radius 1 is 1.03 bits per heavy atom. The van der Waals surface area contributed by atoms with Gasteiger partial charge in [-0.1, -0.05) is 59.6 Å². The van der Waals surface area contributed by atoms with Crippen molar-refractivity contribution in [3.63, 3.8) is 0 Å². The number of anilines is 1. The lowest BCUT2D eigenvalue weighted by atomic mass is 9.96. The second kappa shape index (κ2) is 11.7. The number of urea groups is 1. The highest BCUT2D eigenvalue weighted by atomic mass is 35.5. The van der Waals surface area contributed by atoms with Gasteiger partial charge in [-0.3, -0.25) is 0 Å². The van der Waals surface area contributed by atoms with Crippen LogP contribution in [0, 0.1) is 0 Å². The van der Waals surface area contributed by atoms with E-state index in [0.29, 0.717) is 23.4 Å². The number of amides is 2. The zero-order valence-electron chi connectivity index (χ0n) is 21.0. The lowest BCUT2D eigenvalue weighted by Gasteiger charge is -2.26. The second-order valence-electron chi connectivity index (χ2n) is 9.23. The Bertz CT molecular complexity index is 1350. The van der Waals surface area contributed by atoms with Crippen LogP contribution in [0.15, 0.2) is 71.6 Å². The number of ether oxygens (including phenoxy) is 1. The number of carbonyl (C=O) groups is 1. The molecule has 2 amide bonds. The van der Waals surface area contributed by atoms with E-state index in [1.165, 1.54) is 19.2 Å². The lowest BCUT2D eigenvalue weighted by Crippen LogP contribution is -2.51. The summed E-state index contributed by atoms with van der Waals surface area (Å²) in [4.78, 5) is 15.8. The van der Waals surface area contributed by atoms with E-state index in [9.17, 15) is 13.2 Å². The molecule has 8 nitrogen and oxygen atoms in total. The standard InChI is InChI=1S/C26H30Cl2N4O4S/c1-17(21-14-15-22(36-4)24(28)23(21)27)30-25(33)32(31-37(34,35)20-8-6-5-7-9-20)19-12-10-18(11-13-19)16-26(2,3)29/h5-15,17,31H,16,29H2,1-4H3,(H,30,33)/t17-/m0/s1. The minimum atomic E-state index is -4.08. The summed E-state index contributed by atoms with van der Waals surface area (Å²) in [6, 6.07) is 16.6. The Hall–Kier alpha value is -2.82. The highest BCUT2D eigenvalue weighted by Crippen LogP contribution is 2.37. The molecule has 3 aromatic rings. The number of methoxy groups -OCH3 is 1. The Morgan fingerprint density at radius 2 is 1.65 bits per heavy atom. The smallest absolute Gasteiger partial charge is 0.337 e. The number of hydrazine groups is 1. The summed E-state index contributed by atoms with van der Waals surface area (Å²) in [7, 11) is -2.61. The molecule has 3 aromatic carbocycles. The minimum absolute atomic E-state index is 0.00679. The summed E-state index contributed by atoms with van der Waals surface area (Å²) in [5, 5.41) is 4.16. The predicted octanol–water partition coefficient (Wildman–Crippen LogP) is 5.45. The van der Waals surface area contributed by atoms with Crippen molar-refractivity contribution in [3.05, 3.63) is 87.9 Å². The van der Waals surface area contributed by atoms with E-state index in [0.717, 1.165) is 10.6 Å². The van der Waals surface area contributed by atoms with Crippen LogP contribution >= 0.6 is 23.2 Å². The average Bonchev–Trinajstić information content (AvgIpc) is 2.84. The Morgan fingerprint density at radius 3 is 2.22 bits per heavy atom. The van der Waals surface area contributed by atoms with Crippen LogP contribution in [0.5, 0.6) is 5.75 Å². The van der Waals surface area contributed by atoms with Gasteiger partial charge in [-0.2, -0.15) is 0 Å². The SMILES string of the molecule is COc1ccc([C@H](C)NC(=O)N(NS(=O)(=O)c2ccccc2)c2ccc(CC(C)(C)N)cc2)c(Cl)c1Cl. The molecule has 0 unspecified atom stereocenters. The molecule has 0 spiro atoms. The van der Waals surface area contributed by atoms with Gasteiger partial charge < -0.3 is 15.8 Å². The fourth-order valence-electron chi connectivity index (χ4n) is 3.64. The van der Waals surface area contributed by atoms with E-state index in [1.54, 1.807) is 61.5 Å². The first-order valence-electron chi connectivity index (χ1n) is 11.4. The Kier molecular flexibility index (Phi) is 9.09. The number of nitrogens with one attached hydrogen (secondary N) is 2. The van der Waals surface area contributed by atoms with Crippen molar-refractivity contribution in [1.29, 1.82) is 0 Å². The highest BCUT2D eigenvalue weighted by Gasteiger charge is 2.26. The molecule has 0 radical (unpaired) electrons. The molecule has 1 atom stereocenters. The fourth-order valence-corrected chi connectivity index (χ4v) is 5.26. The number of nitrogens with zero attached hydrogens (tertiary/aromatic N) is 1. The molecule has 0 saturated heterocycles. The first kappa shape index (κ1) is 28.7. The zero-order valence-corrected chi connectivity index (χ0v) is 23.3. The Labute approximate surface area is 227 Å². The van der Waals surface area contributed by atoms with Crippen LogP contribution in [0.3, 0.4) is 0 Å². The maximum atomic E-state index is 13.4. The number of nitrogens with two attached hydrogens (primary N) is 1. The third kappa shape index (κ3) is 7.37. The Balaban J connectivity index is 1.93. The molecule has 37 heavy (non-hydrogen) atoms. The molecule has 0 aliphatic heterocycles. The zero-order chi connectivity index (χ0) is 27.4. The van der Waals surface area contributed by atoms with Crippen molar-refractivity contribution < 1.29 is 17.9 Å². The number of carbonyl (C=O) groups excluding carboxylic acids is 1. The number of halogens is 2. The molecule has 11 heteroatoms. The summed E-state index contributed by atoms with van der Waals surface area (Å²) in [5.41, 5.74) is 7.47. The van der Waals surface area contributed by atoms with Crippen molar-refractivity contribution >= 4 is 44.9 Å². The summed E-state index contributed by atoms with van der Waals surface area (Å²) in [6.45, 7) is 5.53. The quantitative estimate of drug-likeness (QED) is 0.299. The molecule has 0 bridgehead atoms. The van der Waals surface area contributed by atoms with Gasteiger partial charge in [0, 0.05) is 5.54 Å². The topological polar surface area (TPSA) is 114 Å². The van der Waals surface area contributed by atoms with Gasteiger partial charge in [-0.15, -0.1) is 4.83 Å². The van der Waals surface area contributed by atoms with E-state index in [4.69, 9.17) is 33.7 Å². The van der Waals surface area contributed by atoms with Crippen molar-refractivity contribution in [2.75, 3.05) is 12.1 Å². The number of sulfonamides is 1. The van der Waals surface area contributed by atoms with Crippen LogP contribution in [0.2, 0.25) is 10.0 Å². The van der Waals surface area contributed by atoms with E-state index >= 15 is 0 Å². The third-order valence-corrected chi connectivity index (χ3v) is 7.62. The van der Waals surface area contributed by atoms with Crippen LogP contribution in [0.4, 0.5) is 10.5 Å². The molecular weight excluding hydrogens is 535 g/mol. The number of hydrogen-bond acceptors (Lipinski definition) is 5. The first-order chi connectivity index (χ1) is 17.3. The molecule has 0 saturated carbocycles. The fraction of sp³-hybridized carbons (Fsp3) is 0.269. The summed E-state index contributed by atoms with van der Waals surface area (Å²) < 4.78 is 31.4. The van der Waals surface area contributed by atoms with Crippen LogP contribution in [-0.2, 0) is 16.4 Å². The lowest BCUT2D eigenvalue weighted by molar-refractivity contribution is 0.242. The van der Waals surface area contributed by atoms with Crippen molar-refractivity contribution in [2.45, 2.75) is 43.7 Å². The molecule has 0 aliphatic rings. The molecule has 198 valence electrons. The van der Waals surface area contributed by atoms with Gasteiger partial charge in [0.2, 0.25) is 0 Å². The van der Waals surface area contributed by atoms with E-state index in [2.05, 4.69) is 10.1 Å².